The lowest BCUT2D eigenvalue weighted by atomic mass is 9.73. The molecule has 0 spiro atoms. The minimum atomic E-state index is -0.873. The van der Waals surface area contributed by atoms with Crippen molar-refractivity contribution in [3.05, 3.63) is 71.3 Å². The molecule has 3 nitrogen and oxygen atoms in total. The lowest BCUT2D eigenvalue weighted by Gasteiger charge is -2.41. The molecule has 0 bridgehead atoms. The SMILES string of the molecule is CCCC[C@](O)(c1ccc(CC)cc1)[C@H](CN1CCOCC1)c1ccccc1. The van der Waals surface area contributed by atoms with Gasteiger partial charge in [-0.1, -0.05) is 81.3 Å². The first-order chi connectivity index (χ1) is 13.7. The summed E-state index contributed by atoms with van der Waals surface area (Å²) in [7, 11) is 0. The highest BCUT2D eigenvalue weighted by atomic mass is 16.5. The third kappa shape index (κ3) is 5.02. The summed E-state index contributed by atoms with van der Waals surface area (Å²) in [5.41, 5.74) is 2.69. The Hall–Kier alpha value is -1.68. The Labute approximate surface area is 170 Å². The third-order valence-electron chi connectivity index (χ3n) is 6.10. The Balaban J connectivity index is 1.98. The Morgan fingerprint density at radius 3 is 2.29 bits per heavy atom. The van der Waals surface area contributed by atoms with Crippen molar-refractivity contribution in [3.8, 4) is 0 Å². The molecule has 152 valence electrons. The Morgan fingerprint density at radius 1 is 1.00 bits per heavy atom. The molecule has 1 fully saturated rings. The molecule has 0 radical (unpaired) electrons. The van der Waals surface area contributed by atoms with Crippen LogP contribution in [0.1, 0.15) is 55.7 Å². The molecule has 0 saturated carbocycles. The molecule has 0 aliphatic carbocycles. The number of nitrogens with zero attached hydrogens (tertiary/aromatic N) is 1. The second kappa shape index (κ2) is 10.2. The van der Waals surface area contributed by atoms with Crippen LogP contribution in [-0.2, 0) is 16.8 Å². The van der Waals surface area contributed by atoms with Gasteiger partial charge in [0.05, 0.1) is 18.8 Å². The molecule has 2 atom stereocenters. The Morgan fingerprint density at radius 2 is 1.68 bits per heavy atom. The van der Waals surface area contributed by atoms with Gasteiger partial charge < -0.3 is 9.84 Å². The second-order valence-electron chi connectivity index (χ2n) is 7.95. The summed E-state index contributed by atoms with van der Waals surface area (Å²) in [5, 5.41) is 12.2. The molecule has 1 aliphatic heterocycles. The number of hydrogen-bond acceptors (Lipinski definition) is 3. The van der Waals surface area contributed by atoms with Crippen molar-refractivity contribution in [2.24, 2.45) is 0 Å². The number of aliphatic hydroxyl groups is 1. The third-order valence-corrected chi connectivity index (χ3v) is 6.10. The summed E-state index contributed by atoms with van der Waals surface area (Å²) in [5.74, 6) is 0.0332. The summed E-state index contributed by atoms with van der Waals surface area (Å²) < 4.78 is 5.54. The minimum Gasteiger partial charge on any atom is -0.384 e. The predicted molar refractivity (Wildman–Crippen MR) is 116 cm³/mol. The zero-order valence-electron chi connectivity index (χ0n) is 17.4. The molecule has 0 aromatic heterocycles. The highest BCUT2D eigenvalue weighted by Crippen LogP contribution is 2.42. The van der Waals surface area contributed by atoms with Crippen LogP contribution in [0.4, 0.5) is 0 Å². The van der Waals surface area contributed by atoms with Gasteiger partial charge in [0.15, 0.2) is 0 Å². The van der Waals surface area contributed by atoms with Gasteiger partial charge in [-0.25, -0.2) is 0 Å². The van der Waals surface area contributed by atoms with Crippen LogP contribution >= 0.6 is 0 Å². The molecule has 1 heterocycles. The summed E-state index contributed by atoms with van der Waals surface area (Å²) >= 11 is 0. The second-order valence-corrected chi connectivity index (χ2v) is 7.95. The van der Waals surface area contributed by atoms with E-state index in [1.165, 1.54) is 11.1 Å². The van der Waals surface area contributed by atoms with Crippen molar-refractivity contribution in [2.45, 2.75) is 51.0 Å². The van der Waals surface area contributed by atoms with Crippen LogP contribution in [-0.4, -0.2) is 42.9 Å². The van der Waals surface area contributed by atoms with Crippen molar-refractivity contribution < 1.29 is 9.84 Å². The maximum Gasteiger partial charge on any atom is 0.0977 e. The Bertz CT molecular complexity index is 694. The monoisotopic (exact) mass is 381 g/mol. The summed E-state index contributed by atoms with van der Waals surface area (Å²) in [6.45, 7) is 8.64. The fraction of sp³-hybridized carbons (Fsp3) is 0.520. The number of aryl methyl sites for hydroxylation is 1. The van der Waals surface area contributed by atoms with Crippen LogP contribution in [0.15, 0.2) is 54.6 Å². The van der Waals surface area contributed by atoms with Gasteiger partial charge in [0.2, 0.25) is 0 Å². The maximum atomic E-state index is 12.2. The molecule has 1 N–H and O–H groups in total. The average Bonchev–Trinajstić information content (AvgIpc) is 2.77. The van der Waals surface area contributed by atoms with Crippen molar-refractivity contribution in [1.82, 2.24) is 4.90 Å². The number of benzene rings is 2. The normalized spacial score (nSPS) is 18.5. The molecule has 0 unspecified atom stereocenters. The number of unbranched alkanes of at least 4 members (excludes halogenated alkanes) is 1. The van der Waals surface area contributed by atoms with Crippen LogP contribution in [0.2, 0.25) is 0 Å². The Kier molecular flexibility index (Phi) is 7.66. The molecule has 1 saturated heterocycles. The molecule has 3 heteroatoms. The van der Waals surface area contributed by atoms with E-state index >= 15 is 0 Å². The van der Waals surface area contributed by atoms with Crippen molar-refractivity contribution in [2.75, 3.05) is 32.8 Å². The summed E-state index contributed by atoms with van der Waals surface area (Å²) in [4.78, 5) is 2.44. The summed E-state index contributed by atoms with van der Waals surface area (Å²) in [6.07, 6.45) is 3.88. The quantitative estimate of drug-likeness (QED) is 0.681. The van der Waals surface area contributed by atoms with Crippen LogP contribution in [0.5, 0.6) is 0 Å². The number of rotatable bonds is 9. The maximum absolute atomic E-state index is 12.2. The minimum absolute atomic E-state index is 0.0332. The molecular weight excluding hydrogens is 346 g/mol. The smallest absolute Gasteiger partial charge is 0.0977 e. The molecule has 3 rings (SSSR count). The first-order valence-electron chi connectivity index (χ1n) is 10.8. The predicted octanol–water partition coefficient (Wildman–Crippen LogP) is 4.74. The van der Waals surface area contributed by atoms with Crippen molar-refractivity contribution >= 4 is 0 Å². The van der Waals surface area contributed by atoms with Crippen LogP contribution in [0.25, 0.3) is 0 Å². The van der Waals surface area contributed by atoms with Crippen molar-refractivity contribution in [3.63, 3.8) is 0 Å². The van der Waals surface area contributed by atoms with Crippen LogP contribution in [0, 0.1) is 0 Å². The topological polar surface area (TPSA) is 32.7 Å². The van der Waals surface area contributed by atoms with Gasteiger partial charge in [0, 0.05) is 25.6 Å². The van der Waals surface area contributed by atoms with Gasteiger partial charge in [-0.3, -0.25) is 4.90 Å². The summed E-state index contributed by atoms with van der Waals surface area (Å²) in [6, 6.07) is 19.2. The lowest BCUT2D eigenvalue weighted by molar-refractivity contribution is -0.0293. The van der Waals surface area contributed by atoms with Crippen LogP contribution in [0.3, 0.4) is 0 Å². The van der Waals surface area contributed by atoms with E-state index in [1.807, 2.05) is 0 Å². The zero-order valence-corrected chi connectivity index (χ0v) is 17.4. The fourth-order valence-corrected chi connectivity index (χ4v) is 4.25. The molecule has 1 aliphatic rings. The van der Waals surface area contributed by atoms with Gasteiger partial charge in [0.25, 0.3) is 0 Å². The van der Waals surface area contributed by atoms with Gasteiger partial charge in [-0.05, 0) is 29.5 Å². The molecule has 2 aromatic rings. The van der Waals surface area contributed by atoms with E-state index in [0.717, 1.165) is 64.1 Å². The fourth-order valence-electron chi connectivity index (χ4n) is 4.25. The molecular formula is C25H35NO2. The average molecular weight is 382 g/mol. The first kappa shape index (κ1) is 21.0. The van der Waals surface area contributed by atoms with Crippen molar-refractivity contribution in [1.29, 1.82) is 0 Å². The molecule has 0 amide bonds. The highest BCUT2D eigenvalue weighted by Gasteiger charge is 2.40. The van der Waals surface area contributed by atoms with E-state index < -0.39 is 5.60 Å². The lowest BCUT2D eigenvalue weighted by Crippen LogP contribution is -2.45. The largest absolute Gasteiger partial charge is 0.384 e. The molecule has 28 heavy (non-hydrogen) atoms. The van der Waals surface area contributed by atoms with E-state index in [1.54, 1.807) is 0 Å². The number of hydrogen-bond donors (Lipinski definition) is 1. The number of morpholine rings is 1. The van der Waals surface area contributed by atoms with Gasteiger partial charge in [0.1, 0.15) is 0 Å². The van der Waals surface area contributed by atoms with E-state index in [-0.39, 0.29) is 5.92 Å². The molecule has 2 aromatic carbocycles. The standard InChI is InChI=1S/C25H35NO2/c1-3-5-15-25(27,23-13-11-21(4-2)12-14-23)24(22-9-7-6-8-10-22)20-26-16-18-28-19-17-26/h6-14,24,27H,3-5,15-20H2,1-2H3/t24-,25+/m1/s1. The van der Waals surface area contributed by atoms with E-state index in [0.29, 0.717) is 0 Å². The van der Waals surface area contributed by atoms with Crippen LogP contribution < -0.4 is 0 Å². The van der Waals surface area contributed by atoms with Gasteiger partial charge in [-0.15, -0.1) is 0 Å². The van der Waals surface area contributed by atoms with E-state index in [4.69, 9.17) is 4.74 Å². The van der Waals surface area contributed by atoms with E-state index in [2.05, 4.69) is 73.3 Å². The first-order valence-corrected chi connectivity index (χ1v) is 10.8. The zero-order chi connectivity index (χ0) is 19.8. The highest BCUT2D eigenvalue weighted by molar-refractivity contribution is 5.33. The van der Waals surface area contributed by atoms with Gasteiger partial charge >= 0.3 is 0 Å². The van der Waals surface area contributed by atoms with E-state index in [9.17, 15) is 5.11 Å². The number of ether oxygens (including phenoxy) is 1. The van der Waals surface area contributed by atoms with Gasteiger partial charge in [-0.2, -0.15) is 0 Å².